The number of rotatable bonds is 6. The molecule has 0 bridgehead atoms. The van der Waals surface area contributed by atoms with Gasteiger partial charge in [-0.1, -0.05) is 19.8 Å². The minimum Gasteiger partial charge on any atom is -0.353 e. The Morgan fingerprint density at radius 2 is 1.95 bits per heavy atom. The van der Waals surface area contributed by atoms with Crippen LogP contribution in [0.3, 0.4) is 0 Å². The van der Waals surface area contributed by atoms with Gasteiger partial charge in [0, 0.05) is 31.5 Å². The lowest BCUT2D eigenvalue weighted by Crippen LogP contribution is -2.28. The number of likely N-dealkylation sites (tertiary alicyclic amines) is 1. The molecule has 0 spiro atoms. The maximum absolute atomic E-state index is 4.50. The van der Waals surface area contributed by atoms with Crippen molar-refractivity contribution in [2.24, 2.45) is 5.92 Å². The Morgan fingerprint density at radius 3 is 2.70 bits per heavy atom. The zero-order valence-corrected chi connectivity index (χ0v) is 12.7. The van der Waals surface area contributed by atoms with Crippen LogP contribution < -0.4 is 5.32 Å². The molecular weight excluding hydrogens is 248 g/mol. The number of nitrogens with zero attached hydrogens (tertiary/aromatic N) is 3. The quantitative estimate of drug-likeness (QED) is 0.867. The van der Waals surface area contributed by atoms with Crippen molar-refractivity contribution in [1.29, 1.82) is 0 Å². The zero-order valence-electron chi connectivity index (χ0n) is 12.7. The van der Waals surface area contributed by atoms with Gasteiger partial charge in [0.2, 0.25) is 5.95 Å². The fourth-order valence-corrected chi connectivity index (χ4v) is 3.65. The molecule has 2 aliphatic rings. The van der Waals surface area contributed by atoms with Crippen molar-refractivity contribution in [1.82, 2.24) is 14.5 Å². The Morgan fingerprint density at radius 1 is 1.20 bits per heavy atom. The van der Waals surface area contributed by atoms with Crippen LogP contribution in [0.25, 0.3) is 0 Å². The van der Waals surface area contributed by atoms with E-state index >= 15 is 0 Å². The molecule has 20 heavy (non-hydrogen) atoms. The minimum absolute atomic E-state index is 0.644. The molecule has 2 heterocycles. The average Bonchev–Trinajstić information content (AvgIpc) is 3.14. The highest BCUT2D eigenvalue weighted by atomic mass is 15.2. The molecule has 1 N–H and O–H groups in total. The molecule has 1 aliphatic carbocycles. The molecule has 1 aromatic heterocycles. The summed E-state index contributed by atoms with van der Waals surface area (Å²) in [4.78, 5) is 7.11. The summed E-state index contributed by atoms with van der Waals surface area (Å²) in [6.07, 6.45) is 12.1. The van der Waals surface area contributed by atoms with Crippen LogP contribution in [0, 0.1) is 5.92 Å². The second-order valence-electron chi connectivity index (χ2n) is 6.64. The Balaban J connectivity index is 1.52. The van der Waals surface area contributed by atoms with Crippen LogP contribution in [0.2, 0.25) is 0 Å². The van der Waals surface area contributed by atoms with E-state index in [0.29, 0.717) is 12.0 Å². The van der Waals surface area contributed by atoms with Crippen molar-refractivity contribution < 1.29 is 0 Å². The minimum atomic E-state index is 0.644. The van der Waals surface area contributed by atoms with E-state index in [9.17, 15) is 0 Å². The normalized spacial score (nSPS) is 22.4. The fraction of sp³-hybridized carbons (Fsp3) is 0.812. The molecular formula is C16H28N4. The van der Waals surface area contributed by atoms with Gasteiger partial charge in [-0.15, -0.1) is 0 Å². The highest BCUT2D eigenvalue weighted by Crippen LogP contribution is 2.22. The van der Waals surface area contributed by atoms with Crippen LogP contribution in [0.15, 0.2) is 12.4 Å². The van der Waals surface area contributed by atoms with E-state index in [2.05, 4.69) is 32.9 Å². The summed E-state index contributed by atoms with van der Waals surface area (Å²) in [6, 6.07) is 0.644. The third-order valence-electron chi connectivity index (χ3n) is 4.68. The Bertz CT molecular complexity index is 402. The van der Waals surface area contributed by atoms with Crippen LogP contribution in [-0.2, 0) is 6.54 Å². The summed E-state index contributed by atoms with van der Waals surface area (Å²) in [6.45, 7) is 7.24. The third kappa shape index (κ3) is 3.54. The highest BCUT2D eigenvalue weighted by Gasteiger charge is 2.18. The van der Waals surface area contributed by atoms with Gasteiger partial charge in [0.1, 0.15) is 0 Å². The van der Waals surface area contributed by atoms with E-state index in [1.165, 1.54) is 58.2 Å². The van der Waals surface area contributed by atoms with Crippen molar-refractivity contribution in [3.8, 4) is 0 Å². The molecule has 1 saturated heterocycles. The lowest BCUT2D eigenvalue weighted by atomic mass is 10.1. The molecule has 0 amide bonds. The van der Waals surface area contributed by atoms with Gasteiger partial charge in [-0.25, -0.2) is 4.98 Å². The number of hydrogen-bond acceptors (Lipinski definition) is 3. The monoisotopic (exact) mass is 276 g/mol. The van der Waals surface area contributed by atoms with Gasteiger partial charge in [-0.2, -0.15) is 0 Å². The largest absolute Gasteiger partial charge is 0.353 e. The first-order chi connectivity index (χ1) is 9.81. The highest BCUT2D eigenvalue weighted by molar-refractivity contribution is 5.28. The van der Waals surface area contributed by atoms with Crippen molar-refractivity contribution in [2.75, 3.05) is 25.0 Å². The van der Waals surface area contributed by atoms with E-state index in [1.54, 1.807) is 0 Å². The van der Waals surface area contributed by atoms with Crippen molar-refractivity contribution >= 4 is 5.95 Å². The van der Waals surface area contributed by atoms with Gasteiger partial charge in [-0.3, -0.25) is 0 Å². The van der Waals surface area contributed by atoms with Crippen LogP contribution in [-0.4, -0.2) is 40.1 Å². The molecule has 1 atom stereocenters. The van der Waals surface area contributed by atoms with Crippen LogP contribution in [0.1, 0.15) is 45.4 Å². The Labute approximate surface area is 122 Å². The average molecular weight is 276 g/mol. The Hall–Kier alpha value is -1.03. The molecule has 1 aromatic rings. The van der Waals surface area contributed by atoms with Crippen molar-refractivity contribution in [2.45, 2.75) is 58.0 Å². The van der Waals surface area contributed by atoms with E-state index in [4.69, 9.17) is 0 Å². The summed E-state index contributed by atoms with van der Waals surface area (Å²) >= 11 is 0. The van der Waals surface area contributed by atoms with E-state index < -0.39 is 0 Å². The van der Waals surface area contributed by atoms with Gasteiger partial charge >= 0.3 is 0 Å². The summed E-state index contributed by atoms with van der Waals surface area (Å²) in [5, 5.41) is 3.63. The summed E-state index contributed by atoms with van der Waals surface area (Å²) in [5.74, 6) is 1.76. The molecule has 4 nitrogen and oxygen atoms in total. The van der Waals surface area contributed by atoms with E-state index in [0.717, 1.165) is 12.5 Å². The lowest BCUT2D eigenvalue weighted by molar-refractivity contribution is 0.272. The summed E-state index contributed by atoms with van der Waals surface area (Å²) in [7, 11) is 0. The molecule has 3 rings (SSSR count). The van der Waals surface area contributed by atoms with Gasteiger partial charge in [0.25, 0.3) is 0 Å². The van der Waals surface area contributed by atoms with Gasteiger partial charge in [0.05, 0.1) is 0 Å². The maximum atomic E-state index is 4.50. The second-order valence-corrected chi connectivity index (χ2v) is 6.64. The topological polar surface area (TPSA) is 33.1 Å². The predicted octanol–water partition coefficient (Wildman–Crippen LogP) is 2.97. The molecule has 0 aromatic carbocycles. The molecule has 4 heteroatoms. The van der Waals surface area contributed by atoms with Crippen LogP contribution in [0.4, 0.5) is 5.95 Å². The number of imidazole rings is 1. The van der Waals surface area contributed by atoms with E-state index in [-0.39, 0.29) is 0 Å². The summed E-state index contributed by atoms with van der Waals surface area (Å²) in [5.41, 5.74) is 0. The Kier molecular flexibility index (Phi) is 4.61. The van der Waals surface area contributed by atoms with Gasteiger partial charge < -0.3 is 14.8 Å². The number of nitrogens with one attached hydrogen (secondary N) is 1. The second kappa shape index (κ2) is 6.61. The smallest absolute Gasteiger partial charge is 0.202 e. The van der Waals surface area contributed by atoms with Crippen molar-refractivity contribution in [3.63, 3.8) is 0 Å². The third-order valence-corrected chi connectivity index (χ3v) is 4.68. The zero-order chi connectivity index (χ0) is 13.8. The molecule has 1 aliphatic heterocycles. The molecule has 2 fully saturated rings. The predicted molar refractivity (Wildman–Crippen MR) is 82.9 cm³/mol. The molecule has 1 unspecified atom stereocenters. The SMILES string of the molecule is CC(CN1CCCC1)Cn1ccnc1NC1CCCC1. The lowest BCUT2D eigenvalue weighted by Gasteiger charge is -2.22. The van der Waals surface area contributed by atoms with Crippen LogP contribution >= 0.6 is 0 Å². The molecule has 1 saturated carbocycles. The standard InChI is InChI=1S/C16H28N4/c1-14(12-19-9-4-5-10-19)13-20-11-8-17-16(20)18-15-6-2-3-7-15/h8,11,14-15H,2-7,9-10,12-13H2,1H3,(H,17,18). The number of anilines is 1. The van der Waals surface area contributed by atoms with E-state index in [1.807, 2.05) is 6.20 Å². The van der Waals surface area contributed by atoms with Gasteiger partial charge in [0.15, 0.2) is 0 Å². The molecule has 112 valence electrons. The first-order valence-electron chi connectivity index (χ1n) is 8.31. The molecule has 0 radical (unpaired) electrons. The number of hydrogen-bond donors (Lipinski definition) is 1. The summed E-state index contributed by atoms with van der Waals surface area (Å²) < 4.78 is 2.30. The maximum Gasteiger partial charge on any atom is 0.202 e. The first-order valence-corrected chi connectivity index (χ1v) is 8.31. The first kappa shape index (κ1) is 13.9. The van der Waals surface area contributed by atoms with Gasteiger partial charge in [-0.05, 0) is 44.7 Å². The van der Waals surface area contributed by atoms with Crippen molar-refractivity contribution in [3.05, 3.63) is 12.4 Å². The number of aromatic nitrogens is 2. The van der Waals surface area contributed by atoms with Crippen LogP contribution in [0.5, 0.6) is 0 Å². The fourth-order valence-electron chi connectivity index (χ4n) is 3.65.